The van der Waals surface area contributed by atoms with Gasteiger partial charge in [-0.1, -0.05) is 6.42 Å². The minimum atomic E-state index is -1.92. The molecule has 16 heavy (non-hydrogen) atoms. The summed E-state index contributed by atoms with van der Waals surface area (Å²) in [6, 6.07) is 2.43. The van der Waals surface area contributed by atoms with E-state index in [-0.39, 0.29) is 0 Å². The maximum absolute atomic E-state index is 6.03. The maximum Gasteiger partial charge on any atom is 0.337 e. The Kier molecular flexibility index (Phi) is 5.66. The third kappa shape index (κ3) is 3.66. The van der Waals surface area contributed by atoms with Crippen LogP contribution in [0.2, 0.25) is 24.3 Å². The standard InChI is InChI=1S/C11H26O3Si2/c1-5-12-15(4)9-8-10-16(11-15,13-6-2)14-7-3/h5-11H2,1-4H3. The van der Waals surface area contributed by atoms with Crippen molar-refractivity contribution in [2.75, 3.05) is 19.8 Å². The van der Waals surface area contributed by atoms with Crippen LogP contribution in [0.3, 0.4) is 0 Å². The first-order valence-electron chi connectivity index (χ1n) is 6.51. The van der Waals surface area contributed by atoms with E-state index in [0.717, 1.165) is 31.5 Å². The van der Waals surface area contributed by atoms with E-state index in [1.165, 1.54) is 12.5 Å². The summed E-state index contributed by atoms with van der Waals surface area (Å²) in [4.78, 5) is 0. The first kappa shape index (κ1) is 14.4. The van der Waals surface area contributed by atoms with Crippen molar-refractivity contribution >= 4 is 16.9 Å². The molecule has 0 aliphatic carbocycles. The summed E-state index contributed by atoms with van der Waals surface area (Å²) < 4.78 is 18.1. The first-order valence-corrected chi connectivity index (χ1v) is 11.6. The highest BCUT2D eigenvalue weighted by molar-refractivity contribution is 6.89. The Bertz CT molecular complexity index is 198. The van der Waals surface area contributed by atoms with Crippen LogP contribution in [0.5, 0.6) is 0 Å². The highest BCUT2D eigenvalue weighted by Gasteiger charge is 2.49. The van der Waals surface area contributed by atoms with E-state index in [1.54, 1.807) is 0 Å². The van der Waals surface area contributed by atoms with Crippen LogP contribution in [0.4, 0.5) is 0 Å². The normalized spacial score (nSPS) is 29.2. The van der Waals surface area contributed by atoms with Gasteiger partial charge in [0.05, 0.1) is 0 Å². The molecule has 1 fully saturated rings. The highest BCUT2D eigenvalue weighted by atomic mass is 28.4. The highest BCUT2D eigenvalue weighted by Crippen LogP contribution is 2.37. The zero-order chi connectivity index (χ0) is 12.1. The van der Waals surface area contributed by atoms with Gasteiger partial charge in [-0.2, -0.15) is 0 Å². The summed E-state index contributed by atoms with van der Waals surface area (Å²) in [5.41, 5.74) is 1.12. The molecule has 1 rings (SSSR count). The Labute approximate surface area is 102 Å². The quantitative estimate of drug-likeness (QED) is 0.689. The van der Waals surface area contributed by atoms with Crippen LogP contribution in [0, 0.1) is 0 Å². The molecular weight excluding hydrogens is 236 g/mol. The van der Waals surface area contributed by atoms with Crippen LogP contribution < -0.4 is 0 Å². The van der Waals surface area contributed by atoms with Gasteiger partial charge >= 0.3 is 8.56 Å². The third-order valence-electron chi connectivity index (χ3n) is 3.21. The lowest BCUT2D eigenvalue weighted by Gasteiger charge is -2.41. The topological polar surface area (TPSA) is 27.7 Å². The molecule has 1 heterocycles. The third-order valence-corrected chi connectivity index (χ3v) is 13.5. The molecule has 0 aromatic carbocycles. The Balaban J connectivity index is 2.69. The monoisotopic (exact) mass is 262 g/mol. The van der Waals surface area contributed by atoms with Gasteiger partial charge in [0.2, 0.25) is 0 Å². The Morgan fingerprint density at radius 3 is 1.94 bits per heavy atom. The predicted molar refractivity (Wildman–Crippen MR) is 71.3 cm³/mol. The summed E-state index contributed by atoms with van der Waals surface area (Å²) in [7, 11) is -3.45. The fourth-order valence-corrected chi connectivity index (χ4v) is 14.2. The summed E-state index contributed by atoms with van der Waals surface area (Å²) in [5.74, 6) is 0. The van der Waals surface area contributed by atoms with Crippen LogP contribution >= 0.6 is 0 Å². The molecule has 1 saturated heterocycles. The Morgan fingerprint density at radius 2 is 1.44 bits per heavy atom. The Hall–Kier alpha value is 0.314. The molecule has 1 aliphatic heterocycles. The molecule has 0 amide bonds. The van der Waals surface area contributed by atoms with Gasteiger partial charge in [-0.25, -0.2) is 0 Å². The summed E-state index contributed by atoms with van der Waals surface area (Å²) in [5, 5.41) is 0. The second-order valence-corrected chi connectivity index (χ2v) is 12.7. The minimum absolute atomic E-state index is 0.781. The largest absolute Gasteiger partial charge is 0.417 e. The smallest absolute Gasteiger partial charge is 0.337 e. The fourth-order valence-electron chi connectivity index (χ4n) is 2.76. The molecule has 0 radical (unpaired) electrons. The molecule has 1 atom stereocenters. The minimum Gasteiger partial charge on any atom is -0.417 e. The van der Waals surface area contributed by atoms with Crippen LogP contribution in [0.1, 0.15) is 27.2 Å². The lowest BCUT2D eigenvalue weighted by Crippen LogP contribution is -2.55. The maximum atomic E-state index is 6.03. The number of hydrogen-bond acceptors (Lipinski definition) is 3. The number of hydrogen-bond donors (Lipinski definition) is 0. The van der Waals surface area contributed by atoms with Gasteiger partial charge < -0.3 is 13.3 Å². The van der Waals surface area contributed by atoms with Gasteiger partial charge in [0.15, 0.2) is 8.32 Å². The van der Waals surface area contributed by atoms with Gasteiger partial charge in [-0.3, -0.25) is 0 Å². The zero-order valence-corrected chi connectivity index (χ0v) is 13.2. The molecule has 0 aromatic heterocycles. The van der Waals surface area contributed by atoms with Crippen molar-refractivity contribution in [1.29, 1.82) is 0 Å². The van der Waals surface area contributed by atoms with Crippen molar-refractivity contribution in [3.05, 3.63) is 0 Å². The van der Waals surface area contributed by atoms with E-state index in [0.29, 0.717) is 0 Å². The van der Waals surface area contributed by atoms with Crippen molar-refractivity contribution in [2.24, 2.45) is 0 Å². The van der Waals surface area contributed by atoms with Gasteiger partial charge in [0.1, 0.15) is 0 Å². The molecule has 0 saturated carbocycles. The van der Waals surface area contributed by atoms with Gasteiger partial charge in [0, 0.05) is 25.5 Å². The van der Waals surface area contributed by atoms with Crippen LogP contribution in [-0.2, 0) is 13.3 Å². The summed E-state index contributed by atoms with van der Waals surface area (Å²) in [6.45, 7) is 11.0. The van der Waals surface area contributed by atoms with Crippen molar-refractivity contribution in [3.63, 3.8) is 0 Å². The lowest BCUT2D eigenvalue weighted by molar-refractivity contribution is 0.180. The van der Waals surface area contributed by atoms with E-state index in [4.69, 9.17) is 13.3 Å². The predicted octanol–water partition coefficient (Wildman–Crippen LogP) is 3.06. The van der Waals surface area contributed by atoms with Crippen molar-refractivity contribution < 1.29 is 13.3 Å². The van der Waals surface area contributed by atoms with Crippen molar-refractivity contribution in [3.8, 4) is 0 Å². The molecule has 0 bridgehead atoms. The van der Waals surface area contributed by atoms with E-state index in [9.17, 15) is 0 Å². The van der Waals surface area contributed by atoms with Gasteiger partial charge in [-0.05, 0) is 39.4 Å². The van der Waals surface area contributed by atoms with E-state index < -0.39 is 16.9 Å². The zero-order valence-electron chi connectivity index (χ0n) is 11.2. The van der Waals surface area contributed by atoms with Crippen LogP contribution in [-0.4, -0.2) is 36.7 Å². The second-order valence-electron chi connectivity index (χ2n) is 4.69. The molecule has 5 heteroatoms. The Morgan fingerprint density at radius 1 is 0.875 bits per heavy atom. The fraction of sp³-hybridized carbons (Fsp3) is 1.00. The average Bonchev–Trinajstić information content (AvgIpc) is 2.18. The molecule has 96 valence electrons. The molecular formula is C11H26O3Si2. The second kappa shape index (κ2) is 6.30. The van der Waals surface area contributed by atoms with E-state index >= 15 is 0 Å². The van der Waals surface area contributed by atoms with E-state index in [1.807, 2.05) is 0 Å². The molecule has 3 nitrogen and oxygen atoms in total. The van der Waals surface area contributed by atoms with Crippen molar-refractivity contribution in [1.82, 2.24) is 0 Å². The van der Waals surface area contributed by atoms with Crippen LogP contribution in [0.25, 0.3) is 0 Å². The molecule has 0 spiro atoms. The SMILES string of the molecule is CCO[Si]1(C)CCC[Si](OCC)(OCC)C1. The molecule has 0 N–H and O–H groups in total. The first-order chi connectivity index (χ1) is 7.60. The molecule has 0 aromatic rings. The lowest BCUT2D eigenvalue weighted by atomic mass is 10.6. The van der Waals surface area contributed by atoms with Gasteiger partial charge in [-0.15, -0.1) is 0 Å². The average molecular weight is 262 g/mol. The molecule has 1 aliphatic rings. The van der Waals surface area contributed by atoms with Crippen LogP contribution in [0.15, 0.2) is 0 Å². The van der Waals surface area contributed by atoms with Gasteiger partial charge in [0.25, 0.3) is 0 Å². The van der Waals surface area contributed by atoms with E-state index in [2.05, 4.69) is 27.3 Å². The summed E-state index contributed by atoms with van der Waals surface area (Å²) in [6.07, 6.45) is 1.23. The van der Waals surface area contributed by atoms with Crippen molar-refractivity contribution in [2.45, 2.75) is 51.5 Å². The molecule has 1 unspecified atom stereocenters. The summed E-state index contributed by atoms with van der Waals surface area (Å²) >= 11 is 0. The number of rotatable bonds is 6.